The number of anilines is 1. The number of carboxylic acid groups (broad SMARTS) is 1. The first kappa shape index (κ1) is 47.6. The number of carbonyl (C=O) groups excluding carboxylic acids is 3. The molecule has 2 aromatic heterocycles. The molecule has 5 heterocycles. The van der Waals surface area contributed by atoms with E-state index in [1.165, 1.54) is 19.2 Å². The van der Waals surface area contributed by atoms with Gasteiger partial charge in [0.05, 0.1) is 48.2 Å². The molecule has 0 aliphatic carbocycles. The fourth-order valence-corrected chi connectivity index (χ4v) is 10.0. The number of benzene rings is 3. The van der Waals surface area contributed by atoms with Crippen LogP contribution in [0, 0.1) is 11.8 Å². The van der Waals surface area contributed by atoms with Crippen molar-refractivity contribution in [1.29, 1.82) is 0 Å². The van der Waals surface area contributed by atoms with E-state index in [-0.39, 0.29) is 47.8 Å². The number of amides is 4. The lowest BCUT2D eigenvalue weighted by molar-refractivity contribution is -0.138. The molecule has 0 bridgehead atoms. The number of likely N-dealkylation sites (tertiary alicyclic amines) is 2. The Morgan fingerprint density at radius 3 is 1.50 bits per heavy atom. The minimum Gasteiger partial charge on any atom is -0.465 e. The van der Waals surface area contributed by atoms with Crippen LogP contribution in [0.25, 0.3) is 22.5 Å². The number of methoxy groups -OCH3 is 1. The van der Waals surface area contributed by atoms with Crippen LogP contribution >= 0.6 is 0 Å². The topological polar surface area (TPSA) is 189 Å². The number of ether oxygens (including phenoxy) is 1. The number of H-pyrrole nitrogens is 2. The number of alkyl halides is 3. The van der Waals surface area contributed by atoms with Gasteiger partial charge in [-0.2, -0.15) is 13.2 Å². The molecule has 5 aromatic rings. The van der Waals surface area contributed by atoms with Crippen molar-refractivity contribution in [2.24, 2.45) is 11.8 Å². The summed E-state index contributed by atoms with van der Waals surface area (Å²) in [6, 6.07) is 18.8. The Balaban J connectivity index is 1.00. The normalized spacial score (nSPS) is 20.5. The van der Waals surface area contributed by atoms with Gasteiger partial charge < -0.3 is 45.1 Å². The molecule has 68 heavy (non-hydrogen) atoms. The lowest BCUT2D eigenvalue weighted by atomic mass is 10.0. The number of alkyl carbamates (subject to hydrolysis) is 1. The van der Waals surface area contributed by atoms with E-state index in [2.05, 4.69) is 25.5 Å². The minimum atomic E-state index is -4.48. The highest BCUT2D eigenvalue weighted by atomic mass is 19.4. The third-order valence-electron chi connectivity index (χ3n) is 13.6. The molecule has 1 unspecified atom stereocenters. The van der Waals surface area contributed by atoms with Crippen molar-refractivity contribution in [3.05, 3.63) is 114 Å². The summed E-state index contributed by atoms with van der Waals surface area (Å²) in [4.78, 5) is 72.8. The van der Waals surface area contributed by atoms with E-state index in [4.69, 9.17) is 14.7 Å². The fraction of sp³-hybridized carbons (Fsp3) is 0.440. The summed E-state index contributed by atoms with van der Waals surface area (Å²) >= 11 is 0. The number of hydrogen-bond acceptors (Lipinski definition) is 8. The van der Waals surface area contributed by atoms with Crippen LogP contribution in [0.1, 0.15) is 119 Å². The third kappa shape index (κ3) is 9.90. The van der Waals surface area contributed by atoms with Gasteiger partial charge in [0.25, 0.3) is 0 Å². The van der Waals surface area contributed by atoms with Gasteiger partial charge in [-0.15, -0.1) is 0 Å². The van der Waals surface area contributed by atoms with Gasteiger partial charge in [-0.3, -0.25) is 9.59 Å². The highest BCUT2D eigenvalue weighted by Crippen LogP contribution is 2.48. The maximum Gasteiger partial charge on any atom is 0.416 e. The lowest BCUT2D eigenvalue weighted by Gasteiger charge is -2.33. The summed E-state index contributed by atoms with van der Waals surface area (Å²) in [7, 11) is 1.26. The second-order valence-electron chi connectivity index (χ2n) is 18.6. The number of imidazole rings is 2. The van der Waals surface area contributed by atoms with Crippen LogP contribution in [0.3, 0.4) is 0 Å². The molecule has 18 heteroatoms. The Bertz CT molecular complexity index is 2580. The van der Waals surface area contributed by atoms with E-state index in [0.29, 0.717) is 54.7 Å². The van der Waals surface area contributed by atoms with E-state index in [1.54, 1.807) is 29.8 Å². The molecule has 4 amide bonds. The molecule has 3 aromatic carbocycles. The molecule has 0 spiro atoms. The lowest BCUT2D eigenvalue weighted by Crippen LogP contribution is -2.51. The number of hydrogen-bond donors (Lipinski definition) is 5. The van der Waals surface area contributed by atoms with Crippen LogP contribution in [0.2, 0.25) is 0 Å². The molecule has 5 N–H and O–H groups in total. The molecule has 3 aliphatic rings. The van der Waals surface area contributed by atoms with E-state index in [9.17, 15) is 37.5 Å². The molecular weight excluding hydrogens is 880 g/mol. The Hall–Kier alpha value is -6.85. The smallest absolute Gasteiger partial charge is 0.416 e. The predicted octanol–water partition coefficient (Wildman–Crippen LogP) is 9.57. The quantitative estimate of drug-likeness (QED) is 0.0766. The molecule has 8 rings (SSSR count). The number of nitrogens with zero attached hydrogens (tertiary/aromatic N) is 5. The fourth-order valence-electron chi connectivity index (χ4n) is 10.0. The Morgan fingerprint density at radius 1 is 0.662 bits per heavy atom. The number of rotatable bonds is 13. The first-order valence-corrected chi connectivity index (χ1v) is 23.2. The van der Waals surface area contributed by atoms with Crippen LogP contribution in [-0.4, -0.2) is 91.1 Å². The first-order chi connectivity index (χ1) is 32.5. The molecule has 3 saturated heterocycles. The Morgan fingerprint density at radius 2 is 1.10 bits per heavy atom. The predicted molar refractivity (Wildman–Crippen MR) is 248 cm³/mol. The van der Waals surface area contributed by atoms with Crippen molar-refractivity contribution >= 4 is 29.7 Å². The number of halogens is 3. The third-order valence-corrected chi connectivity index (χ3v) is 13.6. The van der Waals surface area contributed by atoms with Gasteiger partial charge in [-0.1, -0.05) is 76.2 Å². The molecule has 3 fully saturated rings. The van der Waals surface area contributed by atoms with E-state index in [0.717, 1.165) is 60.1 Å². The number of nitrogens with one attached hydrogen (secondary N) is 4. The maximum atomic E-state index is 13.7. The standard InChI is InChI=1S/C50H58F3N9O6/c1-28(2)42(58-48(65)66)46(63)60-24-6-8-40(60)44-54-26-36(56-44)30-10-14-32(15-11-30)38-22-23-39(62(38)35-20-18-34(19-21-35)50(51,52)53)33-16-12-31(13-17-33)37-27-55-45(57-37)41-9-7-25-61(41)47(64)43(29(3)4)59-49(67)68-5/h10-21,26-29,38-43,58H,6-9,22-25H2,1-5H3,(H,54,56)(H,55,57)(H,59,67)(H,65,66)/t38-,39?,40+,41+,42+,43+/m1/s1. The molecular formula is C50H58F3N9O6. The SMILES string of the molecule is COC(=O)N[C@H](C(=O)N1CCC[C@H]1c1nc(-c2ccc(C3CC[C@H](c4ccc(-c5c[nH]c([C@@H]6CCCN6C(=O)[C@@H](NC(=O)O)C(C)C)n5)cc4)N3c3ccc(C(F)(F)F)cc3)cc2)c[nH]1)C(C)C. The van der Waals surface area contributed by atoms with E-state index >= 15 is 0 Å². The molecule has 0 saturated carbocycles. The van der Waals surface area contributed by atoms with E-state index < -0.39 is 36.0 Å². The van der Waals surface area contributed by atoms with Crippen LogP contribution in [0.4, 0.5) is 28.4 Å². The van der Waals surface area contributed by atoms with Gasteiger partial charge >= 0.3 is 18.4 Å². The van der Waals surface area contributed by atoms with E-state index in [1.807, 2.05) is 68.6 Å². The Kier molecular flexibility index (Phi) is 13.9. The number of aromatic nitrogens is 4. The largest absolute Gasteiger partial charge is 0.465 e. The van der Waals surface area contributed by atoms with Gasteiger partial charge in [0, 0.05) is 42.3 Å². The van der Waals surface area contributed by atoms with Gasteiger partial charge in [0.1, 0.15) is 23.7 Å². The van der Waals surface area contributed by atoms with Crippen molar-refractivity contribution < 1.29 is 42.2 Å². The van der Waals surface area contributed by atoms with Crippen LogP contribution < -0.4 is 15.5 Å². The summed E-state index contributed by atoms with van der Waals surface area (Å²) < 4.78 is 46.0. The van der Waals surface area contributed by atoms with Crippen LogP contribution in [-0.2, 0) is 20.5 Å². The summed E-state index contributed by atoms with van der Waals surface area (Å²) in [5.74, 6) is 0.407. The first-order valence-electron chi connectivity index (χ1n) is 23.2. The van der Waals surface area contributed by atoms with Crippen LogP contribution in [0.5, 0.6) is 0 Å². The highest BCUT2D eigenvalue weighted by Gasteiger charge is 2.40. The van der Waals surface area contributed by atoms with Gasteiger partial charge in [0.15, 0.2) is 0 Å². The van der Waals surface area contributed by atoms with Gasteiger partial charge in [-0.25, -0.2) is 19.6 Å². The molecule has 15 nitrogen and oxygen atoms in total. The average molecular weight is 938 g/mol. The van der Waals surface area contributed by atoms with Gasteiger partial charge in [-0.05, 0) is 85.8 Å². The summed E-state index contributed by atoms with van der Waals surface area (Å²) in [5.41, 5.74) is 5.02. The van der Waals surface area contributed by atoms with Crippen molar-refractivity contribution in [3.8, 4) is 22.5 Å². The second-order valence-corrected chi connectivity index (χ2v) is 18.6. The zero-order valence-electron chi connectivity index (χ0n) is 38.7. The number of aromatic amines is 2. The maximum absolute atomic E-state index is 13.7. The average Bonchev–Trinajstić information content (AvgIpc) is 4.18. The van der Waals surface area contributed by atoms with Crippen LogP contribution in [0.15, 0.2) is 85.2 Å². The van der Waals surface area contributed by atoms with Crippen molar-refractivity contribution in [3.63, 3.8) is 0 Å². The Labute approximate surface area is 392 Å². The van der Waals surface area contributed by atoms with Gasteiger partial charge in [0.2, 0.25) is 11.8 Å². The summed E-state index contributed by atoms with van der Waals surface area (Å²) in [6.07, 6.45) is 1.67. The molecule has 0 radical (unpaired) electrons. The molecule has 360 valence electrons. The summed E-state index contributed by atoms with van der Waals surface area (Å²) in [5, 5.41) is 14.4. The highest BCUT2D eigenvalue weighted by molar-refractivity contribution is 5.87. The minimum absolute atomic E-state index is 0.155. The second kappa shape index (κ2) is 19.8. The van der Waals surface area contributed by atoms with Crippen molar-refractivity contribution in [2.45, 2.75) is 109 Å². The van der Waals surface area contributed by atoms with Crippen molar-refractivity contribution in [1.82, 2.24) is 40.4 Å². The zero-order chi connectivity index (χ0) is 48.4. The number of carbonyl (C=O) groups is 4. The summed E-state index contributed by atoms with van der Waals surface area (Å²) in [6.45, 7) is 8.38. The monoisotopic (exact) mass is 937 g/mol. The van der Waals surface area contributed by atoms with Crippen molar-refractivity contribution in [2.75, 3.05) is 25.1 Å². The molecule has 3 aliphatic heterocycles. The zero-order valence-corrected chi connectivity index (χ0v) is 38.7. The molecule has 6 atom stereocenters.